The van der Waals surface area contributed by atoms with Gasteiger partial charge in [-0.05, 0) is 54.5 Å². The molecule has 1 heterocycles. The van der Waals surface area contributed by atoms with E-state index in [1.54, 1.807) is 30.5 Å². The molecule has 1 aromatic heterocycles. The van der Waals surface area contributed by atoms with Gasteiger partial charge in [-0.3, -0.25) is 9.59 Å². The number of aromatic nitrogens is 2. The van der Waals surface area contributed by atoms with Gasteiger partial charge in [0.2, 0.25) is 0 Å². The fraction of sp³-hybridized carbons (Fsp3) is 0.310. The molecule has 5 aromatic rings. The fourth-order valence-corrected chi connectivity index (χ4v) is 9.24. The molecule has 1 unspecified atom stereocenters. The first kappa shape index (κ1) is 34.3. The highest BCUT2D eigenvalue weighted by Gasteiger charge is 2.41. The molecule has 0 N–H and O–H groups in total. The Balaban J connectivity index is 1.33. The lowest BCUT2D eigenvalue weighted by molar-refractivity contribution is -0.118. The van der Waals surface area contributed by atoms with Crippen molar-refractivity contribution in [3.05, 3.63) is 156 Å². The molecule has 6 rings (SSSR count). The van der Waals surface area contributed by atoms with Crippen LogP contribution < -0.4 is 0 Å². The summed E-state index contributed by atoms with van der Waals surface area (Å²) in [6.07, 6.45) is 9.70. The molecule has 7 heteroatoms. The Hall–Kier alpha value is -4.62. The van der Waals surface area contributed by atoms with Crippen LogP contribution in [-0.2, 0) is 20.2 Å². The van der Waals surface area contributed by atoms with E-state index in [1.807, 2.05) is 109 Å². The number of rotatable bonds is 14. The molecule has 6 nitrogen and oxygen atoms in total. The van der Waals surface area contributed by atoms with Gasteiger partial charge in [0.05, 0.1) is 4.90 Å². The lowest BCUT2D eigenvalue weighted by Crippen LogP contribution is -2.39. The van der Waals surface area contributed by atoms with Crippen LogP contribution in [0.15, 0.2) is 133 Å². The Kier molecular flexibility index (Phi) is 10.7. The average Bonchev–Trinajstić information content (AvgIpc) is 3.63. The van der Waals surface area contributed by atoms with Crippen molar-refractivity contribution in [2.45, 2.75) is 80.4 Å². The predicted molar refractivity (Wildman–Crippen MR) is 193 cm³/mol. The summed E-state index contributed by atoms with van der Waals surface area (Å²) >= 11 is 0. The molecule has 4 aromatic carbocycles. The number of nitrogens with zero attached hydrogens (tertiary/aromatic N) is 2. The van der Waals surface area contributed by atoms with Crippen LogP contribution in [0.5, 0.6) is 0 Å². The summed E-state index contributed by atoms with van der Waals surface area (Å²) < 4.78 is 29.8. The maximum Gasteiger partial charge on any atom is 0.198 e. The lowest BCUT2D eigenvalue weighted by Gasteiger charge is -2.38. The van der Waals surface area contributed by atoms with Crippen molar-refractivity contribution in [3.8, 4) is 0 Å². The average molecular weight is 673 g/mol. The molecular weight excluding hydrogens is 629 g/mol. The van der Waals surface area contributed by atoms with Gasteiger partial charge in [0.1, 0.15) is 10.8 Å². The van der Waals surface area contributed by atoms with Crippen molar-refractivity contribution in [1.29, 1.82) is 0 Å². The third-order valence-electron chi connectivity index (χ3n) is 10.1. The monoisotopic (exact) mass is 672 g/mol. The first-order valence-corrected chi connectivity index (χ1v) is 18.9. The highest BCUT2D eigenvalue weighted by atomic mass is 32.2. The van der Waals surface area contributed by atoms with Gasteiger partial charge in [0, 0.05) is 25.2 Å². The number of benzene rings is 4. The van der Waals surface area contributed by atoms with Crippen LogP contribution in [0.25, 0.3) is 0 Å². The van der Waals surface area contributed by atoms with E-state index in [0.29, 0.717) is 12.3 Å². The molecule has 1 atom stereocenters. The summed E-state index contributed by atoms with van der Waals surface area (Å²) in [4.78, 5) is 32.9. The van der Waals surface area contributed by atoms with E-state index >= 15 is 0 Å². The van der Waals surface area contributed by atoms with E-state index in [4.69, 9.17) is 0 Å². The topological polar surface area (TPSA) is 86.1 Å². The number of carbonyl (C=O) groups is 2. The lowest BCUT2D eigenvalue weighted by atomic mass is 9.76. The van der Waals surface area contributed by atoms with Gasteiger partial charge in [-0.15, -0.1) is 0 Å². The Bertz CT molecular complexity index is 1850. The van der Waals surface area contributed by atoms with Crippen LogP contribution in [0.4, 0.5) is 0 Å². The van der Waals surface area contributed by atoms with Crippen molar-refractivity contribution >= 4 is 21.4 Å². The second kappa shape index (κ2) is 15.3. The Labute approximate surface area is 290 Å². The minimum atomic E-state index is -3.94. The van der Waals surface area contributed by atoms with E-state index < -0.39 is 26.4 Å². The second-order valence-electron chi connectivity index (χ2n) is 13.2. The molecule has 0 spiro atoms. The SMILES string of the molecule is Cc1ccc(S(=O)(=O)C(CCC2CCCCC2)C(=O)CCC(=O)c2nccn2C(c2ccccc2)(c2ccccc2)c2ccccc2)cc1. The molecule has 49 heavy (non-hydrogen) atoms. The Morgan fingerprint density at radius 3 is 1.82 bits per heavy atom. The van der Waals surface area contributed by atoms with E-state index in [9.17, 15) is 18.0 Å². The summed E-state index contributed by atoms with van der Waals surface area (Å²) in [6.45, 7) is 1.90. The van der Waals surface area contributed by atoms with Gasteiger partial charge in [-0.1, -0.05) is 141 Å². The van der Waals surface area contributed by atoms with Crippen molar-refractivity contribution in [1.82, 2.24) is 9.55 Å². The van der Waals surface area contributed by atoms with Gasteiger partial charge < -0.3 is 4.57 Å². The van der Waals surface area contributed by atoms with E-state index in [-0.39, 0.29) is 35.8 Å². The zero-order chi connectivity index (χ0) is 34.3. The number of hydrogen-bond donors (Lipinski definition) is 0. The number of aryl methyl sites for hydroxylation is 1. The summed E-state index contributed by atoms with van der Waals surface area (Å²) in [6, 6.07) is 36.8. The highest BCUT2D eigenvalue weighted by Crippen LogP contribution is 2.41. The van der Waals surface area contributed by atoms with Crippen LogP contribution in [0.3, 0.4) is 0 Å². The smallest absolute Gasteiger partial charge is 0.198 e. The maximum absolute atomic E-state index is 14.2. The maximum atomic E-state index is 14.2. The number of Topliss-reactive ketones (excluding diaryl/α,β-unsaturated/α-hetero) is 2. The standard InChI is InChI=1S/C42H44N2O4S/c1-32-22-25-37(26-23-32)49(47,48)40(29-24-33-14-6-2-7-15-33)38(45)27-28-39(46)41-43-30-31-44(41)42(34-16-8-3-9-17-34,35-18-10-4-11-19-35)36-20-12-5-13-21-36/h3-5,8-13,16-23,25-26,30-31,33,40H,2,6-7,14-15,24,27-29H2,1H3. The Morgan fingerprint density at radius 2 is 1.29 bits per heavy atom. The van der Waals surface area contributed by atoms with Gasteiger partial charge in [0.25, 0.3) is 0 Å². The van der Waals surface area contributed by atoms with Crippen molar-refractivity contribution in [2.24, 2.45) is 5.92 Å². The molecule has 1 saturated carbocycles. The number of carbonyl (C=O) groups excluding carboxylic acids is 2. The van der Waals surface area contributed by atoms with Crippen LogP contribution in [0.2, 0.25) is 0 Å². The largest absolute Gasteiger partial charge is 0.310 e. The number of sulfone groups is 1. The minimum Gasteiger partial charge on any atom is -0.310 e. The van der Waals surface area contributed by atoms with Crippen molar-refractivity contribution in [2.75, 3.05) is 0 Å². The first-order valence-electron chi connectivity index (χ1n) is 17.4. The zero-order valence-electron chi connectivity index (χ0n) is 28.1. The third kappa shape index (κ3) is 7.23. The molecule has 0 aliphatic heterocycles. The normalized spacial score (nSPS) is 14.7. The molecule has 252 valence electrons. The van der Waals surface area contributed by atoms with Crippen LogP contribution in [0.1, 0.15) is 90.7 Å². The summed E-state index contributed by atoms with van der Waals surface area (Å²) in [5.74, 6) is -0.0921. The van der Waals surface area contributed by atoms with Crippen LogP contribution >= 0.6 is 0 Å². The van der Waals surface area contributed by atoms with E-state index in [2.05, 4.69) is 4.98 Å². The number of hydrogen-bond acceptors (Lipinski definition) is 5. The number of ketones is 2. The molecule has 1 aliphatic carbocycles. The second-order valence-corrected chi connectivity index (χ2v) is 15.4. The van der Waals surface area contributed by atoms with Crippen molar-refractivity contribution < 1.29 is 18.0 Å². The predicted octanol–water partition coefficient (Wildman–Crippen LogP) is 8.77. The van der Waals surface area contributed by atoms with Crippen LogP contribution in [-0.4, -0.2) is 34.8 Å². The van der Waals surface area contributed by atoms with Crippen molar-refractivity contribution in [3.63, 3.8) is 0 Å². The van der Waals surface area contributed by atoms with E-state index in [0.717, 1.165) is 47.9 Å². The molecule has 1 fully saturated rings. The molecule has 1 aliphatic rings. The molecule has 0 saturated heterocycles. The van der Waals surface area contributed by atoms with Crippen LogP contribution in [0, 0.1) is 12.8 Å². The summed E-state index contributed by atoms with van der Waals surface area (Å²) in [7, 11) is -3.94. The quantitative estimate of drug-likeness (QED) is 0.0870. The zero-order valence-corrected chi connectivity index (χ0v) is 28.9. The van der Waals surface area contributed by atoms with Gasteiger partial charge in [-0.2, -0.15) is 0 Å². The molecule has 0 radical (unpaired) electrons. The summed E-state index contributed by atoms with van der Waals surface area (Å²) in [5.41, 5.74) is 2.85. The minimum absolute atomic E-state index is 0.145. The first-order chi connectivity index (χ1) is 23.8. The Morgan fingerprint density at radius 1 is 0.755 bits per heavy atom. The van der Waals surface area contributed by atoms with E-state index in [1.165, 1.54) is 6.42 Å². The number of imidazole rings is 1. The fourth-order valence-electron chi connectivity index (χ4n) is 7.49. The van der Waals surface area contributed by atoms with Gasteiger partial charge in [-0.25, -0.2) is 13.4 Å². The third-order valence-corrected chi connectivity index (χ3v) is 12.2. The molecular formula is C42H44N2O4S. The summed E-state index contributed by atoms with van der Waals surface area (Å²) in [5, 5.41) is -1.19. The molecule has 0 amide bonds. The highest BCUT2D eigenvalue weighted by molar-refractivity contribution is 7.92. The van der Waals surface area contributed by atoms with Gasteiger partial charge in [0.15, 0.2) is 27.2 Å². The van der Waals surface area contributed by atoms with Gasteiger partial charge >= 0.3 is 0 Å². The molecule has 0 bridgehead atoms.